The van der Waals surface area contributed by atoms with Crippen molar-refractivity contribution in [3.63, 3.8) is 0 Å². The molecule has 0 fully saturated rings. The van der Waals surface area contributed by atoms with E-state index in [2.05, 4.69) is 27.5 Å². The summed E-state index contributed by atoms with van der Waals surface area (Å²) in [5.41, 5.74) is 5.26. The highest BCUT2D eigenvalue weighted by Gasteiger charge is 2.13. The third kappa shape index (κ3) is 4.11. The van der Waals surface area contributed by atoms with Crippen LogP contribution in [0.3, 0.4) is 0 Å². The van der Waals surface area contributed by atoms with Crippen molar-refractivity contribution in [2.75, 3.05) is 6.54 Å². The van der Waals surface area contributed by atoms with E-state index in [-0.39, 0.29) is 5.91 Å². The van der Waals surface area contributed by atoms with E-state index in [1.165, 1.54) is 0 Å². The lowest BCUT2D eigenvalue weighted by Gasteiger charge is -2.11. The number of benzene rings is 2. The van der Waals surface area contributed by atoms with Crippen molar-refractivity contribution in [1.82, 2.24) is 25.1 Å². The van der Waals surface area contributed by atoms with E-state index in [0.29, 0.717) is 12.1 Å². The number of amides is 1. The molecule has 0 spiro atoms. The number of hydrogen-bond acceptors (Lipinski definition) is 4. The first-order chi connectivity index (χ1) is 15.8. The Labute approximate surface area is 185 Å². The average molecular weight is 419 g/mol. The summed E-state index contributed by atoms with van der Waals surface area (Å²) in [6.07, 6.45) is 7.86. The molecule has 5 aromatic rings. The number of fused-ring (bicyclic) bond motifs is 1. The molecule has 32 heavy (non-hydrogen) atoms. The topological polar surface area (TPSA) is 72.7 Å². The maximum absolute atomic E-state index is 13.1. The summed E-state index contributed by atoms with van der Waals surface area (Å²) in [4.78, 5) is 21.9. The van der Waals surface area contributed by atoms with Crippen LogP contribution in [0.25, 0.3) is 27.8 Å². The first-order valence-electron chi connectivity index (χ1n) is 10.5. The van der Waals surface area contributed by atoms with Gasteiger partial charge in [0.05, 0.1) is 22.5 Å². The SMILES string of the molecule is O=C(NCCc1ccc(-n2cccn2)cc1)c1cc(-c2ccncc2)nc2ccccc12. The van der Waals surface area contributed by atoms with Crippen LogP contribution in [0.15, 0.2) is 97.6 Å². The van der Waals surface area contributed by atoms with Crippen LogP contribution in [0.4, 0.5) is 0 Å². The summed E-state index contributed by atoms with van der Waals surface area (Å²) in [5.74, 6) is -0.105. The largest absolute Gasteiger partial charge is 0.352 e. The molecule has 0 radical (unpaired) electrons. The zero-order valence-corrected chi connectivity index (χ0v) is 17.3. The lowest BCUT2D eigenvalue weighted by molar-refractivity contribution is 0.0955. The van der Waals surface area contributed by atoms with Crippen LogP contribution in [0.1, 0.15) is 15.9 Å². The molecule has 0 saturated heterocycles. The minimum Gasteiger partial charge on any atom is -0.352 e. The third-order valence-corrected chi connectivity index (χ3v) is 5.34. The number of hydrogen-bond donors (Lipinski definition) is 1. The molecular formula is C26H21N5O. The van der Waals surface area contributed by atoms with Gasteiger partial charge in [0.1, 0.15) is 0 Å². The second-order valence-electron chi connectivity index (χ2n) is 7.43. The number of nitrogens with one attached hydrogen (secondary N) is 1. The second-order valence-corrected chi connectivity index (χ2v) is 7.43. The number of rotatable bonds is 6. The molecule has 3 heterocycles. The van der Waals surface area contributed by atoms with Gasteiger partial charge in [-0.25, -0.2) is 9.67 Å². The molecule has 6 heteroatoms. The van der Waals surface area contributed by atoms with Crippen molar-refractivity contribution in [3.05, 3.63) is 109 Å². The Morgan fingerprint density at radius 1 is 0.906 bits per heavy atom. The van der Waals surface area contributed by atoms with Crippen molar-refractivity contribution >= 4 is 16.8 Å². The summed E-state index contributed by atoms with van der Waals surface area (Å²) < 4.78 is 1.82. The standard InChI is InChI=1S/C26H21N5O/c32-26(28-16-10-19-6-8-21(9-7-19)31-17-3-13-29-31)23-18-25(20-11-14-27-15-12-20)30-24-5-2-1-4-22(23)24/h1-9,11-15,17-18H,10,16H2,(H,28,32). The highest BCUT2D eigenvalue weighted by atomic mass is 16.1. The average Bonchev–Trinajstić information content (AvgIpc) is 3.39. The molecular weight excluding hydrogens is 398 g/mol. The molecule has 3 aromatic heterocycles. The zero-order valence-electron chi connectivity index (χ0n) is 17.3. The molecule has 0 bridgehead atoms. The summed E-state index contributed by atoms with van der Waals surface area (Å²) in [6, 6.07) is 23.4. The number of nitrogens with zero attached hydrogens (tertiary/aromatic N) is 4. The minimum atomic E-state index is -0.105. The maximum Gasteiger partial charge on any atom is 0.252 e. The van der Waals surface area contributed by atoms with E-state index >= 15 is 0 Å². The lowest BCUT2D eigenvalue weighted by atomic mass is 10.0. The highest BCUT2D eigenvalue weighted by Crippen LogP contribution is 2.24. The number of carbonyl (C=O) groups excluding carboxylic acids is 1. The third-order valence-electron chi connectivity index (χ3n) is 5.34. The van der Waals surface area contributed by atoms with E-state index in [0.717, 1.165) is 39.8 Å². The van der Waals surface area contributed by atoms with Gasteiger partial charge in [-0.15, -0.1) is 0 Å². The first kappa shape index (κ1) is 19.6. The Bertz CT molecular complexity index is 1350. The molecule has 1 amide bonds. The predicted octanol–water partition coefficient (Wildman–Crippen LogP) is 4.46. The Hall–Kier alpha value is -4.32. The van der Waals surface area contributed by atoms with Crippen LogP contribution in [0.2, 0.25) is 0 Å². The van der Waals surface area contributed by atoms with Gasteiger partial charge in [-0.1, -0.05) is 30.3 Å². The van der Waals surface area contributed by atoms with Crippen molar-refractivity contribution in [2.24, 2.45) is 0 Å². The van der Waals surface area contributed by atoms with E-state index in [9.17, 15) is 4.79 Å². The minimum absolute atomic E-state index is 0.105. The second kappa shape index (κ2) is 8.81. The van der Waals surface area contributed by atoms with Crippen molar-refractivity contribution in [2.45, 2.75) is 6.42 Å². The van der Waals surface area contributed by atoms with Gasteiger partial charge in [-0.2, -0.15) is 5.10 Å². The molecule has 1 N–H and O–H groups in total. The summed E-state index contributed by atoms with van der Waals surface area (Å²) >= 11 is 0. The van der Waals surface area contributed by atoms with E-state index in [4.69, 9.17) is 4.98 Å². The molecule has 0 aliphatic rings. The number of carbonyl (C=O) groups is 1. The molecule has 0 saturated carbocycles. The molecule has 0 aliphatic heterocycles. The first-order valence-corrected chi connectivity index (χ1v) is 10.5. The van der Waals surface area contributed by atoms with Crippen molar-refractivity contribution in [1.29, 1.82) is 0 Å². The van der Waals surface area contributed by atoms with Crippen LogP contribution < -0.4 is 5.32 Å². The summed E-state index contributed by atoms with van der Waals surface area (Å²) in [6.45, 7) is 0.543. The number of para-hydroxylation sites is 1. The monoisotopic (exact) mass is 419 g/mol. The fourth-order valence-corrected chi connectivity index (χ4v) is 3.69. The van der Waals surface area contributed by atoms with Gasteiger partial charge in [-0.3, -0.25) is 9.78 Å². The van der Waals surface area contributed by atoms with E-state index in [1.807, 2.05) is 71.5 Å². The molecule has 156 valence electrons. The van der Waals surface area contributed by atoms with Gasteiger partial charge in [0.15, 0.2) is 0 Å². The Morgan fingerprint density at radius 3 is 2.50 bits per heavy atom. The normalized spacial score (nSPS) is 10.9. The van der Waals surface area contributed by atoms with Gasteiger partial charge in [-0.05, 0) is 54.4 Å². The highest BCUT2D eigenvalue weighted by molar-refractivity contribution is 6.07. The van der Waals surface area contributed by atoms with Gasteiger partial charge in [0.2, 0.25) is 0 Å². The Morgan fingerprint density at radius 2 is 1.72 bits per heavy atom. The predicted molar refractivity (Wildman–Crippen MR) is 125 cm³/mol. The molecule has 6 nitrogen and oxygen atoms in total. The maximum atomic E-state index is 13.1. The van der Waals surface area contributed by atoms with Gasteiger partial charge in [0.25, 0.3) is 5.91 Å². The Balaban J connectivity index is 1.32. The molecule has 0 aliphatic carbocycles. The van der Waals surface area contributed by atoms with Crippen LogP contribution in [-0.4, -0.2) is 32.2 Å². The quantitative estimate of drug-likeness (QED) is 0.441. The molecule has 0 atom stereocenters. The van der Waals surface area contributed by atoms with Gasteiger partial charge in [0, 0.05) is 42.3 Å². The van der Waals surface area contributed by atoms with Crippen LogP contribution in [-0.2, 0) is 6.42 Å². The molecule has 5 rings (SSSR count). The van der Waals surface area contributed by atoms with Crippen LogP contribution in [0, 0.1) is 0 Å². The van der Waals surface area contributed by atoms with Crippen molar-refractivity contribution < 1.29 is 4.79 Å². The van der Waals surface area contributed by atoms with Crippen LogP contribution >= 0.6 is 0 Å². The van der Waals surface area contributed by atoms with E-state index < -0.39 is 0 Å². The fourth-order valence-electron chi connectivity index (χ4n) is 3.69. The molecule has 2 aromatic carbocycles. The smallest absolute Gasteiger partial charge is 0.252 e. The fraction of sp³-hybridized carbons (Fsp3) is 0.0769. The number of pyridine rings is 2. The van der Waals surface area contributed by atoms with Gasteiger partial charge >= 0.3 is 0 Å². The van der Waals surface area contributed by atoms with Gasteiger partial charge < -0.3 is 5.32 Å². The van der Waals surface area contributed by atoms with E-state index in [1.54, 1.807) is 18.6 Å². The summed E-state index contributed by atoms with van der Waals surface area (Å²) in [5, 5.41) is 8.14. The Kier molecular flexibility index (Phi) is 5.41. The zero-order chi connectivity index (χ0) is 21.8. The van der Waals surface area contributed by atoms with Crippen LogP contribution in [0.5, 0.6) is 0 Å². The lowest BCUT2D eigenvalue weighted by Crippen LogP contribution is -2.26. The number of aromatic nitrogens is 4. The molecule has 0 unspecified atom stereocenters. The van der Waals surface area contributed by atoms with Crippen molar-refractivity contribution in [3.8, 4) is 16.9 Å². The summed E-state index contributed by atoms with van der Waals surface area (Å²) in [7, 11) is 0.